The van der Waals surface area contributed by atoms with Crippen molar-refractivity contribution in [3.63, 3.8) is 0 Å². The van der Waals surface area contributed by atoms with Crippen molar-refractivity contribution in [2.75, 3.05) is 5.32 Å². The summed E-state index contributed by atoms with van der Waals surface area (Å²) in [6.45, 7) is 0. The fourth-order valence-corrected chi connectivity index (χ4v) is 4.42. The van der Waals surface area contributed by atoms with Gasteiger partial charge in [-0.15, -0.1) is 0 Å². The van der Waals surface area contributed by atoms with Gasteiger partial charge in [0.15, 0.2) is 0 Å². The van der Waals surface area contributed by atoms with Crippen LogP contribution in [0.4, 0.5) is 5.69 Å². The van der Waals surface area contributed by atoms with Crippen LogP contribution in [0.5, 0.6) is 0 Å². The predicted molar refractivity (Wildman–Crippen MR) is 92.9 cm³/mol. The van der Waals surface area contributed by atoms with Gasteiger partial charge in [0.1, 0.15) is 0 Å². The molecule has 0 aliphatic heterocycles. The highest BCUT2D eigenvalue weighted by molar-refractivity contribution is 6.34. The number of halogens is 1. The Labute approximate surface area is 146 Å². The highest BCUT2D eigenvalue weighted by Crippen LogP contribution is 2.47. The molecule has 24 heavy (non-hydrogen) atoms. The molecule has 3 aliphatic rings. The summed E-state index contributed by atoms with van der Waals surface area (Å²) in [7, 11) is 0. The zero-order valence-corrected chi connectivity index (χ0v) is 14.2. The molecule has 0 radical (unpaired) electrons. The Kier molecular flexibility index (Phi) is 4.01. The van der Waals surface area contributed by atoms with E-state index in [9.17, 15) is 9.59 Å². The second-order valence-corrected chi connectivity index (χ2v) is 7.78. The molecule has 0 saturated heterocycles. The third-order valence-corrected chi connectivity index (χ3v) is 6.00. The van der Waals surface area contributed by atoms with Crippen LogP contribution in [0.2, 0.25) is 5.02 Å². The number of fused-ring (bicyclic) bond motifs is 2. The number of hydrogen-bond acceptors (Lipinski definition) is 3. The molecule has 6 heteroatoms. The van der Waals surface area contributed by atoms with Gasteiger partial charge in [-0.25, -0.2) is 0 Å². The Hall–Kier alpha value is -1.59. The van der Waals surface area contributed by atoms with Gasteiger partial charge >= 0.3 is 0 Å². The number of anilines is 1. The van der Waals surface area contributed by atoms with E-state index in [1.807, 2.05) is 0 Å². The van der Waals surface area contributed by atoms with Crippen molar-refractivity contribution in [3.8, 4) is 0 Å². The average Bonchev–Trinajstić information content (AvgIpc) is 3.14. The van der Waals surface area contributed by atoms with Crippen molar-refractivity contribution >= 4 is 29.1 Å². The predicted octanol–water partition coefficient (Wildman–Crippen LogP) is 2.54. The number of carbonyl (C=O) groups excluding carboxylic acids is 2. The van der Waals surface area contributed by atoms with Gasteiger partial charge in [0, 0.05) is 17.8 Å². The van der Waals surface area contributed by atoms with Crippen LogP contribution in [-0.2, 0) is 4.79 Å². The Morgan fingerprint density at radius 2 is 1.88 bits per heavy atom. The molecule has 2 amide bonds. The van der Waals surface area contributed by atoms with E-state index in [1.165, 1.54) is 0 Å². The van der Waals surface area contributed by atoms with E-state index in [-0.39, 0.29) is 29.8 Å². The van der Waals surface area contributed by atoms with Gasteiger partial charge in [-0.05, 0) is 62.1 Å². The van der Waals surface area contributed by atoms with E-state index in [4.69, 9.17) is 17.3 Å². The monoisotopic (exact) mass is 347 g/mol. The zero-order valence-electron chi connectivity index (χ0n) is 13.4. The summed E-state index contributed by atoms with van der Waals surface area (Å²) < 4.78 is 0. The number of amides is 2. The standard InChI is InChI=1S/C18H22ClN3O2/c19-14-6-5-12(8-13(14)17(23)21-11-3-4-11)22-18(24)15-9-1-2-10(7-9)16(15)20/h5-6,8-11,15-16H,1-4,7,20H2,(H,21,23)(H,22,24). The highest BCUT2D eigenvalue weighted by atomic mass is 35.5. The maximum Gasteiger partial charge on any atom is 0.253 e. The molecule has 4 N–H and O–H groups in total. The molecule has 1 aromatic rings. The number of nitrogens with two attached hydrogens (primary N) is 1. The van der Waals surface area contributed by atoms with Crippen molar-refractivity contribution in [2.45, 2.75) is 44.2 Å². The summed E-state index contributed by atoms with van der Waals surface area (Å²) in [5.41, 5.74) is 7.24. The van der Waals surface area contributed by atoms with E-state index in [1.54, 1.807) is 18.2 Å². The van der Waals surface area contributed by atoms with Gasteiger partial charge in [-0.3, -0.25) is 9.59 Å². The van der Waals surface area contributed by atoms with Crippen molar-refractivity contribution in [3.05, 3.63) is 28.8 Å². The second kappa shape index (κ2) is 6.05. The molecule has 4 atom stereocenters. The quantitative estimate of drug-likeness (QED) is 0.782. The Morgan fingerprint density at radius 1 is 1.12 bits per heavy atom. The normalized spacial score (nSPS) is 31.1. The minimum atomic E-state index is -0.185. The van der Waals surface area contributed by atoms with Gasteiger partial charge < -0.3 is 16.4 Å². The smallest absolute Gasteiger partial charge is 0.253 e. The third-order valence-electron chi connectivity index (χ3n) is 5.67. The summed E-state index contributed by atoms with van der Waals surface area (Å²) in [5.74, 6) is 0.537. The second-order valence-electron chi connectivity index (χ2n) is 7.37. The Bertz CT molecular complexity index is 687. The summed E-state index contributed by atoms with van der Waals surface area (Å²) >= 11 is 6.14. The van der Waals surface area contributed by atoms with Crippen LogP contribution in [0.15, 0.2) is 18.2 Å². The number of carbonyl (C=O) groups is 2. The van der Waals surface area contributed by atoms with Crippen LogP contribution < -0.4 is 16.4 Å². The lowest BCUT2D eigenvalue weighted by Crippen LogP contribution is -2.42. The van der Waals surface area contributed by atoms with Crippen molar-refractivity contribution in [2.24, 2.45) is 23.5 Å². The lowest BCUT2D eigenvalue weighted by Gasteiger charge is -2.27. The molecule has 3 saturated carbocycles. The fourth-order valence-electron chi connectivity index (χ4n) is 4.22. The molecule has 5 nitrogen and oxygen atoms in total. The summed E-state index contributed by atoms with van der Waals surface area (Å²) in [6, 6.07) is 5.25. The summed E-state index contributed by atoms with van der Waals surface area (Å²) in [5, 5.41) is 6.24. The van der Waals surface area contributed by atoms with Crippen LogP contribution in [-0.4, -0.2) is 23.9 Å². The lowest BCUT2D eigenvalue weighted by atomic mass is 9.84. The highest BCUT2D eigenvalue weighted by Gasteiger charge is 2.49. The zero-order chi connectivity index (χ0) is 16.8. The van der Waals surface area contributed by atoms with Gasteiger partial charge in [0.05, 0.1) is 16.5 Å². The van der Waals surface area contributed by atoms with Gasteiger partial charge in [-0.2, -0.15) is 0 Å². The molecule has 128 valence electrons. The minimum Gasteiger partial charge on any atom is -0.349 e. The largest absolute Gasteiger partial charge is 0.349 e. The fraction of sp³-hybridized carbons (Fsp3) is 0.556. The van der Waals surface area contributed by atoms with E-state index in [2.05, 4.69) is 10.6 Å². The van der Waals surface area contributed by atoms with Crippen molar-refractivity contribution in [1.82, 2.24) is 5.32 Å². The summed E-state index contributed by atoms with van der Waals surface area (Å²) in [6.07, 6.45) is 5.33. The van der Waals surface area contributed by atoms with Gasteiger partial charge in [0.25, 0.3) is 5.91 Å². The molecule has 2 bridgehead atoms. The number of nitrogens with one attached hydrogen (secondary N) is 2. The van der Waals surface area contributed by atoms with Crippen molar-refractivity contribution < 1.29 is 9.59 Å². The molecule has 3 aliphatic carbocycles. The molecule has 4 unspecified atom stereocenters. The Balaban J connectivity index is 1.48. The van der Waals surface area contributed by atoms with Gasteiger partial charge in [-0.1, -0.05) is 11.6 Å². The van der Waals surface area contributed by atoms with E-state index in [0.29, 0.717) is 28.1 Å². The molecule has 0 heterocycles. The van der Waals surface area contributed by atoms with E-state index >= 15 is 0 Å². The molecule has 1 aromatic carbocycles. The van der Waals surface area contributed by atoms with Crippen LogP contribution >= 0.6 is 11.6 Å². The van der Waals surface area contributed by atoms with Gasteiger partial charge in [0.2, 0.25) is 5.91 Å². The van der Waals surface area contributed by atoms with Crippen LogP contribution in [0.3, 0.4) is 0 Å². The third kappa shape index (κ3) is 2.91. The molecular weight excluding hydrogens is 326 g/mol. The maximum absolute atomic E-state index is 12.6. The Morgan fingerprint density at radius 3 is 2.54 bits per heavy atom. The molecule has 0 spiro atoms. The van der Waals surface area contributed by atoms with E-state index in [0.717, 1.165) is 32.1 Å². The first-order chi connectivity index (χ1) is 11.5. The first-order valence-corrected chi connectivity index (χ1v) is 9.07. The lowest BCUT2D eigenvalue weighted by molar-refractivity contribution is -0.121. The minimum absolute atomic E-state index is 0.0365. The van der Waals surface area contributed by atoms with E-state index < -0.39 is 0 Å². The summed E-state index contributed by atoms with van der Waals surface area (Å²) in [4.78, 5) is 24.9. The molecular formula is C18H22ClN3O2. The van der Waals surface area contributed by atoms with Crippen LogP contribution in [0, 0.1) is 17.8 Å². The number of benzene rings is 1. The van der Waals surface area contributed by atoms with Crippen LogP contribution in [0.1, 0.15) is 42.5 Å². The first kappa shape index (κ1) is 15.9. The topological polar surface area (TPSA) is 84.2 Å². The molecule has 0 aromatic heterocycles. The number of rotatable bonds is 4. The number of hydrogen-bond donors (Lipinski definition) is 3. The maximum atomic E-state index is 12.6. The average molecular weight is 348 g/mol. The van der Waals surface area contributed by atoms with Crippen molar-refractivity contribution in [1.29, 1.82) is 0 Å². The molecule has 3 fully saturated rings. The molecule has 4 rings (SSSR count). The SMILES string of the molecule is NC1C2CCC(C2)C1C(=O)Nc1ccc(Cl)c(C(=O)NC2CC2)c1. The van der Waals surface area contributed by atoms with Crippen LogP contribution in [0.25, 0.3) is 0 Å². The first-order valence-electron chi connectivity index (χ1n) is 8.70.